The molecule has 6 heteroatoms. The first-order valence-electron chi connectivity index (χ1n) is 10.00. The van der Waals surface area contributed by atoms with Crippen LogP contribution in [0.15, 0.2) is 84.9 Å². The molecule has 0 saturated carbocycles. The molecule has 0 spiro atoms. The van der Waals surface area contributed by atoms with Crippen molar-refractivity contribution in [3.05, 3.63) is 113 Å². The third-order valence-corrected chi connectivity index (χ3v) is 5.60. The lowest BCUT2D eigenvalue weighted by Crippen LogP contribution is -2.42. The van der Waals surface area contributed by atoms with E-state index in [9.17, 15) is 14.8 Å². The Bertz CT molecular complexity index is 1370. The molecule has 0 aromatic heterocycles. The van der Waals surface area contributed by atoms with E-state index in [0.717, 1.165) is 16.3 Å². The number of fused-ring (bicyclic) bond motifs is 3. The van der Waals surface area contributed by atoms with Gasteiger partial charge in [-0.2, -0.15) is 4.89 Å². The second kappa shape index (κ2) is 7.60. The van der Waals surface area contributed by atoms with Gasteiger partial charge in [0.2, 0.25) is 0 Å². The number of ketones is 1. The predicted molar refractivity (Wildman–Crippen MR) is 117 cm³/mol. The highest BCUT2D eigenvalue weighted by Crippen LogP contribution is 2.44. The van der Waals surface area contributed by atoms with Crippen LogP contribution in [-0.4, -0.2) is 17.2 Å². The summed E-state index contributed by atoms with van der Waals surface area (Å²) in [6.07, 6.45) is -1.09. The van der Waals surface area contributed by atoms with Gasteiger partial charge in [0.05, 0.1) is 0 Å². The smallest absolute Gasteiger partial charge is 0.394 e. The topological polar surface area (TPSA) is 82.1 Å². The van der Waals surface area contributed by atoms with Gasteiger partial charge in [-0.25, -0.2) is 10.1 Å². The van der Waals surface area contributed by atoms with Gasteiger partial charge < -0.3 is 9.47 Å². The molecule has 0 amide bonds. The minimum atomic E-state index is -2.06. The molecule has 6 nitrogen and oxygen atoms in total. The van der Waals surface area contributed by atoms with Crippen LogP contribution in [0.2, 0.25) is 0 Å². The second-order valence-electron chi connectivity index (χ2n) is 7.56. The number of carbonyl (C=O) groups is 2. The molecule has 4 aromatic carbocycles. The average Bonchev–Trinajstić information content (AvgIpc) is 2.82. The van der Waals surface area contributed by atoms with Gasteiger partial charge in [-0.05, 0) is 24.4 Å². The number of aryl methyl sites for hydroxylation is 1. The third kappa shape index (κ3) is 3.05. The minimum absolute atomic E-state index is 0.207. The van der Waals surface area contributed by atoms with E-state index >= 15 is 0 Å². The van der Waals surface area contributed by atoms with Crippen LogP contribution in [0.5, 0.6) is 5.75 Å². The highest BCUT2D eigenvalue weighted by Gasteiger charge is 2.49. The van der Waals surface area contributed by atoms with Crippen LogP contribution in [0.25, 0.3) is 10.8 Å². The molecular formula is C26H18O6. The van der Waals surface area contributed by atoms with Gasteiger partial charge in [-0.3, -0.25) is 4.79 Å². The van der Waals surface area contributed by atoms with E-state index in [4.69, 9.17) is 14.4 Å². The van der Waals surface area contributed by atoms with Crippen molar-refractivity contribution in [2.45, 2.75) is 12.7 Å². The summed E-state index contributed by atoms with van der Waals surface area (Å²) in [4.78, 5) is 30.9. The molecule has 1 N–H and O–H groups in total. The molecule has 1 aliphatic carbocycles. The van der Waals surface area contributed by atoms with Crippen LogP contribution < -0.4 is 4.74 Å². The lowest BCUT2D eigenvalue weighted by atomic mass is 9.80. The Kier molecular flexibility index (Phi) is 4.74. The van der Waals surface area contributed by atoms with E-state index in [1.165, 1.54) is 0 Å². The molecule has 0 heterocycles. The molecule has 1 aliphatic rings. The minimum Gasteiger partial charge on any atom is -0.394 e. The van der Waals surface area contributed by atoms with E-state index in [-0.39, 0.29) is 28.0 Å². The average molecular weight is 426 g/mol. The standard InChI is InChI=1S/C26H18O6/c1-16-13-14-22-20(15-16)24(27)19-10-4-5-11-21(19)26(22,32-29)31-25(28)30-23-12-6-8-17-7-2-3-9-18(17)23/h2-15,29H,1H3. The Morgan fingerprint density at radius 3 is 2.41 bits per heavy atom. The summed E-state index contributed by atoms with van der Waals surface area (Å²) in [5.74, 6) is -2.02. The van der Waals surface area contributed by atoms with Crippen LogP contribution >= 0.6 is 0 Å². The van der Waals surface area contributed by atoms with Crippen molar-refractivity contribution in [2.24, 2.45) is 0 Å². The van der Waals surface area contributed by atoms with Gasteiger partial charge in [-0.15, -0.1) is 0 Å². The molecule has 0 bridgehead atoms. The van der Waals surface area contributed by atoms with Gasteiger partial charge in [0.25, 0.3) is 0 Å². The van der Waals surface area contributed by atoms with E-state index in [1.807, 2.05) is 37.3 Å². The number of benzene rings is 4. The number of carbonyl (C=O) groups excluding carboxylic acids is 2. The summed E-state index contributed by atoms with van der Waals surface area (Å²) in [5, 5.41) is 11.6. The Hall–Kier alpha value is -4.00. The zero-order chi connectivity index (χ0) is 22.3. The van der Waals surface area contributed by atoms with Crippen LogP contribution in [0.4, 0.5) is 4.79 Å². The first kappa shape index (κ1) is 19.9. The van der Waals surface area contributed by atoms with Gasteiger partial charge in [0.1, 0.15) is 5.75 Å². The largest absolute Gasteiger partial charge is 0.517 e. The van der Waals surface area contributed by atoms with Gasteiger partial charge in [0.15, 0.2) is 5.78 Å². The van der Waals surface area contributed by atoms with Crippen molar-refractivity contribution in [1.82, 2.24) is 0 Å². The molecule has 0 aliphatic heterocycles. The van der Waals surface area contributed by atoms with E-state index in [0.29, 0.717) is 5.75 Å². The molecule has 158 valence electrons. The summed E-state index contributed by atoms with van der Waals surface area (Å²) in [7, 11) is 0. The van der Waals surface area contributed by atoms with Crippen molar-refractivity contribution in [3.63, 3.8) is 0 Å². The fourth-order valence-electron chi connectivity index (χ4n) is 4.13. The summed E-state index contributed by atoms with van der Waals surface area (Å²) in [6, 6.07) is 24.3. The zero-order valence-electron chi connectivity index (χ0n) is 17.1. The van der Waals surface area contributed by atoms with Crippen molar-refractivity contribution >= 4 is 22.7 Å². The summed E-state index contributed by atoms with van der Waals surface area (Å²) < 4.78 is 11.1. The monoisotopic (exact) mass is 426 g/mol. The van der Waals surface area contributed by atoms with Crippen molar-refractivity contribution in [2.75, 3.05) is 0 Å². The molecule has 0 fully saturated rings. The summed E-state index contributed by atoms with van der Waals surface area (Å²) in [6.45, 7) is 1.84. The Morgan fingerprint density at radius 2 is 1.56 bits per heavy atom. The van der Waals surface area contributed by atoms with Gasteiger partial charge in [0, 0.05) is 27.6 Å². The lowest BCUT2D eigenvalue weighted by Gasteiger charge is -2.35. The zero-order valence-corrected chi connectivity index (χ0v) is 17.1. The molecule has 5 rings (SSSR count). The van der Waals surface area contributed by atoms with Crippen molar-refractivity contribution < 1.29 is 29.2 Å². The van der Waals surface area contributed by atoms with E-state index < -0.39 is 11.9 Å². The molecule has 32 heavy (non-hydrogen) atoms. The highest BCUT2D eigenvalue weighted by molar-refractivity contribution is 6.13. The van der Waals surface area contributed by atoms with Gasteiger partial charge >= 0.3 is 11.9 Å². The quantitative estimate of drug-likeness (QED) is 0.151. The maximum absolute atomic E-state index is 13.1. The van der Waals surface area contributed by atoms with E-state index in [1.54, 1.807) is 54.6 Å². The molecule has 1 unspecified atom stereocenters. The Morgan fingerprint density at radius 1 is 0.844 bits per heavy atom. The first-order valence-corrected chi connectivity index (χ1v) is 10.00. The maximum Gasteiger partial charge on any atom is 0.517 e. The molecule has 4 aromatic rings. The molecular weight excluding hydrogens is 408 g/mol. The van der Waals surface area contributed by atoms with Crippen LogP contribution in [0, 0.1) is 6.92 Å². The first-order chi connectivity index (χ1) is 15.5. The number of hydrogen-bond acceptors (Lipinski definition) is 6. The second-order valence-corrected chi connectivity index (χ2v) is 7.56. The fraction of sp³-hybridized carbons (Fsp3) is 0.0769. The van der Waals surface area contributed by atoms with Crippen LogP contribution in [0.3, 0.4) is 0 Å². The normalized spacial score (nSPS) is 16.9. The highest BCUT2D eigenvalue weighted by atomic mass is 17.2. The predicted octanol–water partition coefficient (Wildman–Crippen LogP) is 5.60. The number of hydrogen-bond donors (Lipinski definition) is 1. The van der Waals surface area contributed by atoms with Crippen LogP contribution in [-0.2, 0) is 15.4 Å². The fourth-order valence-corrected chi connectivity index (χ4v) is 4.13. The van der Waals surface area contributed by atoms with Crippen molar-refractivity contribution in [1.29, 1.82) is 0 Å². The van der Waals surface area contributed by atoms with Crippen molar-refractivity contribution in [3.8, 4) is 5.75 Å². The summed E-state index contributed by atoms with van der Waals surface area (Å²) in [5.41, 5.74) is 1.79. The number of ether oxygens (including phenoxy) is 2. The molecule has 0 radical (unpaired) electrons. The maximum atomic E-state index is 13.1. The van der Waals surface area contributed by atoms with Gasteiger partial charge in [-0.1, -0.05) is 78.4 Å². The molecule has 0 saturated heterocycles. The molecule has 1 atom stereocenters. The third-order valence-electron chi connectivity index (χ3n) is 5.60. The summed E-state index contributed by atoms with van der Waals surface area (Å²) >= 11 is 0. The van der Waals surface area contributed by atoms with Crippen LogP contribution in [0.1, 0.15) is 32.6 Å². The van der Waals surface area contributed by atoms with E-state index in [2.05, 4.69) is 0 Å². The SMILES string of the molecule is Cc1ccc2c(c1)C(=O)c1ccccc1C2(OO)OC(=O)Oc1cccc2ccccc12. The number of rotatable bonds is 3. The Labute approximate surface area is 183 Å². The lowest BCUT2D eigenvalue weighted by molar-refractivity contribution is -0.382. The Balaban J connectivity index is 1.59.